The molecular weight excluding hydrogens is 920 g/mol. The first kappa shape index (κ1) is 42.1. The summed E-state index contributed by atoms with van der Waals surface area (Å²) in [5.74, 6) is 0. The molecule has 0 N–H and O–H groups in total. The third-order valence-electron chi connectivity index (χ3n) is 19.3. The molecule has 4 aromatic heterocycles. The van der Waals surface area contributed by atoms with Crippen molar-refractivity contribution in [3.63, 3.8) is 0 Å². The number of thiophene rings is 1. The van der Waals surface area contributed by atoms with E-state index in [-0.39, 0.29) is 28.5 Å². The minimum Gasteiger partial charge on any atom is -0.455 e. The van der Waals surface area contributed by atoms with E-state index in [2.05, 4.69) is 204 Å². The van der Waals surface area contributed by atoms with Crippen LogP contribution in [0, 0.1) is 0 Å². The number of rotatable bonds is 1. The van der Waals surface area contributed by atoms with Gasteiger partial charge in [-0.25, -0.2) is 0 Å². The van der Waals surface area contributed by atoms with Crippen LogP contribution >= 0.6 is 11.3 Å². The standard InChI is InChI=1S/C68H55BN2O2S/c1-65(2)27-29-67(5,6)49-34-54-43(32-47(49)65)41-19-14-21-53(62(41)72-54)71-52-26-25-42-44-33-48-50(68(7,8)30-28-66(48,3)4)35-55(44)73-63(42)57(52)46-31-45-38-17-11-12-22-56(38)74-64(45)61-58(46)69(71)51-20-13-18-39-40-24-23-36-15-9-10-16-37(36)59(40)70(61)60(39)51/h9-26,31-35H,27-30H2,1-8H3. The maximum absolute atomic E-state index is 7.54. The number of hydrogen-bond donors (Lipinski definition) is 0. The highest BCUT2D eigenvalue weighted by Gasteiger charge is 2.48. The van der Waals surface area contributed by atoms with Gasteiger partial charge in [0.25, 0.3) is 0 Å². The molecule has 0 fully saturated rings. The average Bonchev–Trinajstić information content (AvgIpc) is 4.33. The van der Waals surface area contributed by atoms with Gasteiger partial charge in [-0.15, -0.1) is 11.3 Å². The maximum atomic E-state index is 7.54. The zero-order chi connectivity index (χ0) is 49.7. The van der Waals surface area contributed by atoms with Gasteiger partial charge in [0, 0.05) is 64.4 Å². The molecule has 6 heterocycles. The largest absolute Gasteiger partial charge is 0.455 e. The number of benzene rings is 9. The van der Waals surface area contributed by atoms with Crippen LogP contribution in [0.3, 0.4) is 0 Å². The Balaban J connectivity index is 1.06. The van der Waals surface area contributed by atoms with E-state index in [4.69, 9.17) is 8.83 Å². The molecule has 0 amide bonds. The number of anilines is 2. The second-order valence-electron chi connectivity index (χ2n) is 25.2. The zero-order valence-corrected chi connectivity index (χ0v) is 44.1. The first-order valence-corrected chi connectivity index (χ1v) is 27.8. The molecule has 4 nitrogen and oxygen atoms in total. The van der Waals surface area contributed by atoms with Gasteiger partial charge in [-0.3, -0.25) is 0 Å². The molecule has 358 valence electrons. The summed E-state index contributed by atoms with van der Waals surface area (Å²) < 4.78 is 20.3. The van der Waals surface area contributed by atoms with E-state index in [1.807, 2.05) is 11.3 Å². The number of fused-ring (bicyclic) bond motifs is 22. The fourth-order valence-corrected chi connectivity index (χ4v) is 16.3. The summed E-state index contributed by atoms with van der Waals surface area (Å²) in [5, 5.41) is 12.3. The Morgan fingerprint density at radius 2 is 1.03 bits per heavy atom. The first-order chi connectivity index (χ1) is 35.7. The molecule has 0 atom stereocenters. The highest BCUT2D eigenvalue weighted by molar-refractivity contribution is 7.26. The highest BCUT2D eigenvalue weighted by Crippen LogP contribution is 2.56. The molecule has 6 heteroatoms. The Hall–Kier alpha value is -7.28. The molecule has 0 saturated heterocycles. The van der Waals surface area contributed by atoms with Gasteiger partial charge in [0.2, 0.25) is 0 Å². The van der Waals surface area contributed by atoms with E-state index in [0.717, 1.165) is 75.7 Å². The molecule has 9 aromatic carbocycles. The summed E-state index contributed by atoms with van der Waals surface area (Å²) in [6.07, 6.45) is 4.61. The Bertz CT molecular complexity index is 4760. The number of furan rings is 2. The zero-order valence-electron chi connectivity index (χ0n) is 43.3. The lowest BCUT2D eigenvalue weighted by Crippen LogP contribution is -2.60. The van der Waals surface area contributed by atoms with E-state index >= 15 is 0 Å². The molecule has 2 aliphatic heterocycles. The van der Waals surface area contributed by atoms with Gasteiger partial charge < -0.3 is 18.2 Å². The smallest absolute Gasteiger partial charge is 0.333 e. The minimum absolute atomic E-state index is 0.0457. The predicted molar refractivity (Wildman–Crippen MR) is 315 cm³/mol. The summed E-state index contributed by atoms with van der Waals surface area (Å²) in [6.45, 7) is 19.2. The summed E-state index contributed by atoms with van der Waals surface area (Å²) in [6, 6.07) is 53.8. The molecule has 74 heavy (non-hydrogen) atoms. The van der Waals surface area contributed by atoms with Crippen LogP contribution in [0.15, 0.2) is 148 Å². The van der Waals surface area contributed by atoms with Crippen molar-refractivity contribution in [1.82, 2.24) is 4.57 Å². The lowest BCUT2D eigenvalue weighted by molar-refractivity contribution is 0.332. The number of hydrogen-bond acceptors (Lipinski definition) is 4. The number of para-hydroxylation sites is 2. The van der Waals surface area contributed by atoms with Crippen LogP contribution in [0.25, 0.3) is 113 Å². The van der Waals surface area contributed by atoms with E-state index in [9.17, 15) is 0 Å². The van der Waals surface area contributed by atoms with Crippen LogP contribution in [0.2, 0.25) is 0 Å². The van der Waals surface area contributed by atoms with E-state index in [1.54, 1.807) is 0 Å². The average molecular weight is 975 g/mol. The summed E-state index contributed by atoms with van der Waals surface area (Å²) >= 11 is 1.93. The summed E-state index contributed by atoms with van der Waals surface area (Å²) in [7, 11) is 0. The Morgan fingerprint density at radius 1 is 0.459 bits per heavy atom. The lowest BCUT2D eigenvalue weighted by Gasteiger charge is -2.42. The quantitative estimate of drug-likeness (QED) is 0.154. The van der Waals surface area contributed by atoms with Crippen LogP contribution < -0.4 is 15.7 Å². The SMILES string of the molecule is CC1(C)CCC(C)(C)c2cc3c(cc21)oc1c(N2B4c5c(cc6c(sc7ccccc76)c5-n5c6c4cccc6c4ccc6ccccc6c45)-c4c2ccc2c4oc4cc5c(cc42)C(C)(C)CCC5(C)C)cccc13. The minimum atomic E-state index is -0.200. The predicted octanol–water partition coefficient (Wildman–Crippen LogP) is 18.0. The van der Waals surface area contributed by atoms with Crippen LogP contribution in [-0.4, -0.2) is 11.4 Å². The molecule has 4 aliphatic rings. The van der Waals surface area contributed by atoms with Crippen LogP contribution in [0.5, 0.6) is 0 Å². The van der Waals surface area contributed by atoms with Gasteiger partial charge in [-0.2, -0.15) is 0 Å². The van der Waals surface area contributed by atoms with Gasteiger partial charge in [0.1, 0.15) is 16.7 Å². The summed E-state index contributed by atoms with van der Waals surface area (Å²) in [4.78, 5) is 2.66. The van der Waals surface area contributed by atoms with E-state index in [1.165, 1.54) is 108 Å². The Kier molecular flexibility index (Phi) is 7.69. The van der Waals surface area contributed by atoms with Crippen molar-refractivity contribution in [2.45, 2.75) is 103 Å². The van der Waals surface area contributed by atoms with Crippen molar-refractivity contribution in [1.29, 1.82) is 0 Å². The van der Waals surface area contributed by atoms with Crippen LogP contribution in [-0.2, 0) is 21.7 Å². The maximum Gasteiger partial charge on any atom is 0.333 e. The highest BCUT2D eigenvalue weighted by atomic mass is 32.1. The monoisotopic (exact) mass is 974 g/mol. The van der Waals surface area contributed by atoms with Gasteiger partial charge in [-0.1, -0.05) is 140 Å². The van der Waals surface area contributed by atoms with Crippen molar-refractivity contribution in [3.8, 4) is 16.8 Å². The lowest BCUT2D eigenvalue weighted by atomic mass is 9.44. The second-order valence-corrected chi connectivity index (χ2v) is 26.3. The molecule has 17 rings (SSSR count). The van der Waals surface area contributed by atoms with Crippen molar-refractivity contribution in [2.24, 2.45) is 0 Å². The summed E-state index contributed by atoms with van der Waals surface area (Å²) in [5.41, 5.74) is 20.7. The van der Waals surface area contributed by atoms with Crippen LogP contribution in [0.1, 0.15) is 103 Å². The third kappa shape index (κ3) is 5.11. The molecule has 0 bridgehead atoms. The molecule has 2 aliphatic carbocycles. The van der Waals surface area contributed by atoms with Crippen molar-refractivity contribution in [2.75, 3.05) is 4.81 Å². The fraction of sp³-hybridized carbons (Fsp3) is 0.235. The molecule has 0 saturated carbocycles. The topological polar surface area (TPSA) is 34.5 Å². The second kappa shape index (κ2) is 13.5. The normalized spacial score (nSPS) is 17.9. The first-order valence-electron chi connectivity index (χ1n) is 26.9. The molecule has 0 radical (unpaired) electrons. The van der Waals surface area contributed by atoms with E-state index < -0.39 is 0 Å². The van der Waals surface area contributed by atoms with Gasteiger partial charge in [0.05, 0.1) is 27.1 Å². The van der Waals surface area contributed by atoms with Crippen molar-refractivity contribution in [3.05, 3.63) is 162 Å². The fourth-order valence-electron chi connectivity index (χ4n) is 15.1. The Labute approximate surface area is 434 Å². The van der Waals surface area contributed by atoms with Crippen molar-refractivity contribution >= 4 is 137 Å². The van der Waals surface area contributed by atoms with Gasteiger partial charge in [-0.05, 0) is 146 Å². The third-order valence-corrected chi connectivity index (χ3v) is 20.5. The molecular formula is C68H55BN2O2S. The molecule has 0 spiro atoms. The molecule has 13 aromatic rings. The number of aromatic nitrogens is 1. The Morgan fingerprint density at radius 3 is 1.74 bits per heavy atom. The van der Waals surface area contributed by atoms with E-state index in [0.29, 0.717) is 0 Å². The van der Waals surface area contributed by atoms with Crippen LogP contribution in [0.4, 0.5) is 11.4 Å². The number of nitrogens with zero attached hydrogens (tertiary/aromatic N) is 2. The van der Waals surface area contributed by atoms with Crippen molar-refractivity contribution < 1.29 is 8.83 Å². The van der Waals surface area contributed by atoms with Gasteiger partial charge in [0.15, 0.2) is 5.58 Å². The molecule has 0 unspecified atom stereocenters. The van der Waals surface area contributed by atoms with Gasteiger partial charge >= 0.3 is 6.85 Å².